The molecule has 4 nitrogen and oxygen atoms in total. The molecule has 1 saturated heterocycles. The monoisotopic (exact) mass is 291 g/mol. The number of aliphatic hydroxyl groups excluding tert-OH is 2. The first-order valence-electron chi connectivity index (χ1n) is 6.89. The van der Waals surface area contributed by atoms with E-state index in [1.165, 1.54) is 18.2 Å². The zero-order valence-electron chi connectivity index (χ0n) is 11.8. The van der Waals surface area contributed by atoms with Crippen LogP contribution in [-0.4, -0.2) is 46.8 Å². The molecule has 1 aromatic carbocycles. The van der Waals surface area contributed by atoms with Gasteiger partial charge in [-0.05, 0) is 30.5 Å². The van der Waals surface area contributed by atoms with Gasteiger partial charge in [0.15, 0.2) is 0 Å². The van der Waals surface area contributed by atoms with Crippen LogP contribution in [0.25, 0.3) is 0 Å². The zero-order chi connectivity index (χ0) is 15.4. The molecule has 1 aliphatic heterocycles. The molecule has 1 amide bonds. The fourth-order valence-corrected chi connectivity index (χ4v) is 2.40. The highest BCUT2D eigenvalue weighted by molar-refractivity contribution is 5.95. The van der Waals surface area contributed by atoms with E-state index in [0.717, 1.165) is 0 Å². The summed E-state index contributed by atoms with van der Waals surface area (Å²) in [6.07, 6.45) is 0.0825. The van der Waals surface area contributed by atoms with Crippen LogP contribution in [0.3, 0.4) is 0 Å². The van der Waals surface area contributed by atoms with E-state index in [2.05, 4.69) is 11.8 Å². The summed E-state index contributed by atoms with van der Waals surface area (Å²) in [4.78, 5) is 14.0. The van der Waals surface area contributed by atoms with Gasteiger partial charge in [0.05, 0.1) is 11.7 Å². The molecular formula is C16H18FNO3. The molecule has 0 aromatic heterocycles. The van der Waals surface area contributed by atoms with Gasteiger partial charge in [0.1, 0.15) is 12.4 Å². The van der Waals surface area contributed by atoms with Gasteiger partial charge in [-0.25, -0.2) is 4.39 Å². The number of amides is 1. The molecule has 2 unspecified atom stereocenters. The zero-order valence-corrected chi connectivity index (χ0v) is 11.8. The topological polar surface area (TPSA) is 60.8 Å². The summed E-state index contributed by atoms with van der Waals surface area (Å²) >= 11 is 0. The van der Waals surface area contributed by atoms with Crippen LogP contribution < -0.4 is 0 Å². The van der Waals surface area contributed by atoms with Crippen molar-refractivity contribution >= 4 is 5.91 Å². The number of piperidine rings is 1. The molecule has 2 atom stereocenters. The lowest BCUT2D eigenvalue weighted by molar-refractivity contribution is 0.0295. The third kappa shape index (κ3) is 3.60. The normalized spacial score (nSPS) is 21.6. The van der Waals surface area contributed by atoms with Gasteiger partial charge in [-0.1, -0.05) is 18.8 Å². The quantitative estimate of drug-likeness (QED) is 0.759. The van der Waals surface area contributed by atoms with Crippen molar-refractivity contribution in [2.45, 2.75) is 19.4 Å². The van der Waals surface area contributed by atoms with Crippen LogP contribution in [0.1, 0.15) is 29.3 Å². The second-order valence-corrected chi connectivity index (χ2v) is 5.24. The lowest BCUT2D eigenvalue weighted by Crippen LogP contribution is -2.45. The molecule has 0 spiro atoms. The smallest absolute Gasteiger partial charge is 0.256 e. The number of likely N-dealkylation sites (tertiary alicyclic amines) is 1. The van der Waals surface area contributed by atoms with E-state index in [0.29, 0.717) is 25.1 Å². The largest absolute Gasteiger partial charge is 0.393 e. The van der Waals surface area contributed by atoms with Gasteiger partial charge in [0, 0.05) is 18.7 Å². The molecule has 1 aliphatic rings. The lowest BCUT2D eigenvalue weighted by atomic mass is 9.96. The minimum Gasteiger partial charge on any atom is -0.393 e. The Morgan fingerprint density at radius 2 is 2.29 bits per heavy atom. The number of benzene rings is 1. The summed E-state index contributed by atoms with van der Waals surface area (Å²) in [5.41, 5.74) is 0.460. The van der Waals surface area contributed by atoms with Crippen molar-refractivity contribution in [2.24, 2.45) is 5.92 Å². The second-order valence-electron chi connectivity index (χ2n) is 5.24. The predicted molar refractivity (Wildman–Crippen MR) is 76.1 cm³/mol. The Balaban J connectivity index is 2.22. The standard InChI is InChI=1S/C16H18FNO3/c1-11-10-18(7-6-15(11)20)16(21)13-9-12(3-2-8-19)4-5-14(13)17/h4-5,9,11,15,19-20H,6-8,10H2,1H3. The van der Waals surface area contributed by atoms with Gasteiger partial charge in [-0.2, -0.15) is 0 Å². The van der Waals surface area contributed by atoms with Crippen molar-refractivity contribution in [1.29, 1.82) is 0 Å². The SMILES string of the molecule is CC1CN(C(=O)c2cc(C#CCO)ccc2F)CCC1O. The van der Waals surface area contributed by atoms with Crippen LogP contribution in [-0.2, 0) is 0 Å². The fraction of sp³-hybridized carbons (Fsp3) is 0.438. The molecule has 21 heavy (non-hydrogen) atoms. The predicted octanol–water partition coefficient (Wildman–Crippen LogP) is 1.01. The average molecular weight is 291 g/mol. The maximum Gasteiger partial charge on any atom is 0.256 e. The molecule has 5 heteroatoms. The number of hydrogen-bond acceptors (Lipinski definition) is 3. The number of aliphatic hydroxyl groups is 2. The average Bonchev–Trinajstić information content (AvgIpc) is 2.48. The molecule has 2 N–H and O–H groups in total. The van der Waals surface area contributed by atoms with E-state index in [-0.39, 0.29) is 24.0 Å². The Kier molecular flexibility index (Phi) is 4.94. The van der Waals surface area contributed by atoms with Gasteiger partial charge in [0.2, 0.25) is 0 Å². The van der Waals surface area contributed by atoms with E-state index >= 15 is 0 Å². The van der Waals surface area contributed by atoms with E-state index in [4.69, 9.17) is 5.11 Å². The van der Waals surface area contributed by atoms with Gasteiger partial charge in [0.25, 0.3) is 5.91 Å². The molecule has 2 rings (SSSR count). The van der Waals surface area contributed by atoms with Crippen LogP contribution in [0.2, 0.25) is 0 Å². The van der Waals surface area contributed by atoms with Crippen molar-refractivity contribution < 1.29 is 19.4 Å². The summed E-state index contributed by atoms with van der Waals surface area (Å²) in [5.74, 6) is 4.12. The van der Waals surface area contributed by atoms with Crippen molar-refractivity contribution in [1.82, 2.24) is 4.90 Å². The van der Waals surface area contributed by atoms with E-state index in [1.54, 1.807) is 4.90 Å². The summed E-state index contributed by atoms with van der Waals surface area (Å²) in [7, 11) is 0. The molecule has 0 saturated carbocycles. The second kappa shape index (κ2) is 6.70. The maximum absolute atomic E-state index is 13.9. The Morgan fingerprint density at radius 3 is 2.95 bits per heavy atom. The fourth-order valence-electron chi connectivity index (χ4n) is 2.40. The van der Waals surface area contributed by atoms with Gasteiger partial charge < -0.3 is 15.1 Å². The minimum atomic E-state index is -0.590. The lowest BCUT2D eigenvalue weighted by Gasteiger charge is -2.34. The highest BCUT2D eigenvalue weighted by Gasteiger charge is 2.28. The molecule has 0 bridgehead atoms. The van der Waals surface area contributed by atoms with Crippen molar-refractivity contribution in [3.63, 3.8) is 0 Å². The Hall–Kier alpha value is -1.90. The van der Waals surface area contributed by atoms with Gasteiger partial charge >= 0.3 is 0 Å². The number of halogens is 1. The van der Waals surface area contributed by atoms with Crippen molar-refractivity contribution in [3.8, 4) is 11.8 Å². The van der Waals surface area contributed by atoms with Crippen LogP contribution in [0.5, 0.6) is 0 Å². The number of carbonyl (C=O) groups excluding carboxylic acids is 1. The van der Waals surface area contributed by atoms with Crippen LogP contribution in [0.15, 0.2) is 18.2 Å². The highest BCUT2D eigenvalue weighted by Crippen LogP contribution is 2.20. The maximum atomic E-state index is 13.9. The summed E-state index contributed by atoms with van der Waals surface area (Å²) in [5, 5.41) is 18.4. The summed E-state index contributed by atoms with van der Waals surface area (Å²) < 4.78 is 13.9. The number of rotatable bonds is 1. The molecule has 1 aromatic rings. The molecule has 112 valence electrons. The van der Waals surface area contributed by atoms with Crippen molar-refractivity contribution in [2.75, 3.05) is 19.7 Å². The third-order valence-corrected chi connectivity index (χ3v) is 3.66. The Labute approximate surface area is 123 Å². The summed E-state index contributed by atoms with van der Waals surface area (Å²) in [6.45, 7) is 2.40. The molecule has 0 aliphatic carbocycles. The molecule has 1 fully saturated rings. The van der Waals surface area contributed by atoms with Crippen LogP contribution in [0, 0.1) is 23.6 Å². The van der Waals surface area contributed by atoms with Crippen LogP contribution in [0.4, 0.5) is 4.39 Å². The van der Waals surface area contributed by atoms with Gasteiger partial charge in [-0.15, -0.1) is 0 Å². The number of carbonyl (C=O) groups is 1. The first kappa shape index (κ1) is 15.5. The minimum absolute atomic E-state index is 0.0247. The third-order valence-electron chi connectivity index (χ3n) is 3.66. The molecule has 0 radical (unpaired) electrons. The summed E-state index contributed by atoms with van der Waals surface area (Å²) in [6, 6.07) is 4.07. The van der Waals surface area contributed by atoms with Gasteiger partial charge in [-0.3, -0.25) is 4.79 Å². The first-order valence-corrected chi connectivity index (χ1v) is 6.89. The Morgan fingerprint density at radius 1 is 1.52 bits per heavy atom. The van der Waals surface area contributed by atoms with Crippen LogP contribution >= 0.6 is 0 Å². The molecule has 1 heterocycles. The van der Waals surface area contributed by atoms with Crippen molar-refractivity contribution in [3.05, 3.63) is 35.1 Å². The first-order chi connectivity index (χ1) is 10.0. The van der Waals surface area contributed by atoms with E-state index in [9.17, 15) is 14.3 Å². The number of hydrogen-bond donors (Lipinski definition) is 2. The highest BCUT2D eigenvalue weighted by atomic mass is 19.1. The number of nitrogens with zero attached hydrogens (tertiary/aromatic N) is 1. The van der Waals surface area contributed by atoms with E-state index in [1.807, 2.05) is 6.92 Å². The van der Waals surface area contributed by atoms with E-state index < -0.39 is 11.9 Å². The molecular weight excluding hydrogens is 273 g/mol. The Bertz CT molecular complexity index is 591.